The van der Waals surface area contributed by atoms with Gasteiger partial charge in [-0.15, -0.1) is 0 Å². The zero-order valence-corrected chi connectivity index (χ0v) is 11.5. The molecule has 0 unspecified atom stereocenters. The third kappa shape index (κ3) is 2.36. The Bertz CT molecular complexity index is 548. The van der Waals surface area contributed by atoms with Gasteiger partial charge in [-0.3, -0.25) is 0 Å². The third-order valence-corrected chi connectivity index (χ3v) is 3.74. The van der Waals surface area contributed by atoms with Crippen LogP contribution in [0.3, 0.4) is 0 Å². The lowest BCUT2D eigenvalue weighted by Gasteiger charge is -2.32. The smallest absolute Gasteiger partial charge is 0.399 e. The summed E-state index contributed by atoms with van der Waals surface area (Å²) in [5, 5.41) is 18.0. The average Bonchev–Trinajstić information content (AvgIpc) is 2.58. The molecule has 0 aromatic heterocycles. The fourth-order valence-corrected chi connectivity index (χ4v) is 1.90. The van der Waals surface area contributed by atoms with Crippen molar-refractivity contribution in [1.29, 1.82) is 10.5 Å². The van der Waals surface area contributed by atoms with Gasteiger partial charge in [0.05, 0.1) is 34.5 Å². The fraction of sp³-hybridized carbons (Fsp3) is 0.429. The van der Waals surface area contributed by atoms with Gasteiger partial charge in [0.1, 0.15) is 0 Å². The minimum atomic E-state index is -0.551. The first-order valence-electron chi connectivity index (χ1n) is 6.10. The first-order chi connectivity index (χ1) is 8.79. The quantitative estimate of drug-likeness (QED) is 0.716. The van der Waals surface area contributed by atoms with Gasteiger partial charge in [-0.1, -0.05) is 0 Å². The second-order valence-corrected chi connectivity index (χ2v) is 5.66. The van der Waals surface area contributed by atoms with Crippen LogP contribution in [0, 0.1) is 22.7 Å². The minimum absolute atomic E-state index is 0.434. The molecule has 1 aromatic rings. The summed E-state index contributed by atoms with van der Waals surface area (Å²) in [6, 6.07) is 9.03. The molecule has 96 valence electrons. The predicted octanol–water partition coefficient (Wildman–Crippen LogP) is 1.73. The van der Waals surface area contributed by atoms with E-state index in [2.05, 4.69) is 0 Å². The van der Waals surface area contributed by atoms with Gasteiger partial charge in [-0.2, -0.15) is 10.5 Å². The van der Waals surface area contributed by atoms with Crippen LogP contribution in [-0.4, -0.2) is 18.3 Å². The monoisotopic (exact) mass is 254 g/mol. The van der Waals surface area contributed by atoms with Crippen molar-refractivity contribution in [3.8, 4) is 12.1 Å². The van der Waals surface area contributed by atoms with E-state index >= 15 is 0 Å². The molecule has 0 N–H and O–H groups in total. The van der Waals surface area contributed by atoms with Crippen molar-refractivity contribution in [2.24, 2.45) is 0 Å². The second kappa shape index (κ2) is 4.38. The number of hydrogen-bond donors (Lipinski definition) is 0. The van der Waals surface area contributed by atoms with Gasteiger partial charge in [-0.05, 0) is 51.4 Å². The normalized spacial score (nSPS) is 19.8. The van der Waals surface area contributed by atoms with E-state index in [0.717, 1.165) is 0 Å². The largest absolute Gasteiger partial charge is 0.494 e. The highest BCUT2D eigenvalue weighted by molar-refractivity contribution is 6.62. The molecule has 2 rings (SSSR count). The van der Waals surface area contributed by atoms with Gasteiger partial charge in [0, 0.05) is 0 Å². The molecule has 1 heterocycles. The van der Waals surface area contributed by atoms with Gasteiger partial charge in [-0.25, -0.2) is 0 Å². The molecule has 0 saturated carbocycles. The summed E-state index contributed by atoms with van der Waals surface area (Å²) in [5.41, 5.74) is 0.696. The van der Waals surface area contributed by atoms with E-state index < -0.39 is 18.3 Å². The average molecular weight is 254 g/mol. The summed E-state index contributed by atoms with van der Waals surface area (Å²) in [4.78, 5) is 0. The molecule has 0 atom stereocenters. The minimum Gasteiger partial charge on any atom is -0.399 e. The highest BCUT2D eigenvalue weighted by atomic mass is 16.7. The van der Waals surface area contributed by atoms with Gasteiger partial charge in [0.15, 0.2) is 0 Å². The first-order valence-corrected chi connectivity index (χ1v) is 6.10. The van der Waals surface area contributed by atoms with Crippen LogP contribution in [0.5, 0.6) is 0 Å². The molecular formula is C14H15BN2O2. The molecular weight excluding hydrogens is 239 g/mol. The molecule has 1 fully saturated rings. The zero-order valence-electron chi connectivity index (χ0n) is 11.5. The predicted molar refractivity (Wildman–Crippen MR) is 71.6 cm³/mol. The number of rotatable bonds is 1. The molecule has 0 bridgehead atoms. The Morgan fingerprint density at radius 3 is 1.68 bits per heavy atom. The second-order valence-electron chi connectivity index (χ2n) is 5.66. The van der Waals surface area contributed by atoms with Crippen LogP contribution >= 0.6 is 0 Å². The van der Waals surface area contributed by atoms with Crippen LogP contribution in [0.15, 0.2) is 18.2 Å². The van der Waals surface area contributed by atoms with Crippen LogP contribution in [0.4, 0.5) is 0 Å². The maximum Gasteiger partial charge on any atom is 0.494 e. The third-order valence-electron chi connectivity index (χ3n) is 3.74. The van der Waals surface area contributed by atoms with E-state index in [1.807, 2.05) is 39.8 Å². The van der Waals surface area contributed by atoms with Crippen LogP contribution in [0.25, 0.3) is 0 Å². The Kier molecular flexibility index (Phi) is 3.14. The maximum atomic E-state index is 8.99. The Labute approximate surface area is 113 Å². The first kappa shape index (κ1) is 13.6. The summed E-state index contributed by atoms with van der Waals surface area (Å²) in [5.74, 6) is 0. The lowest BCUT2D eigenvalue weighted by molar-refractivity contribution is 0.00578. The van der Waals surface area contributed by atoms with Crippen molar-refractivity contribution in [3.63, 3.8) is 0 Å². The summed E-state index contributed by atoms with van der Waals surface area (Å²) >= 11 is 0. The molecule has 1 aromatic carbocycles. The van der Waals surface area contributed by atoms with E-state index in [1.165, 1.54) is 0 Å². The highest BCUT2D eigenvalue weighted by Gasteiger charge is 2.51. The van der Waals surface area contributed by atoms with Crippen LogP contribution < -0.4 is 5.46 Å². The topological polar surface area (TPSA) is 66.0 Å². The Morgan fingerprint density at radius 1 is 0.895 bits per heavy atom. The van der Waals surface area contributed by atoms with E-state index in [0.29, 0.717) is 16.6 Å². The SMILES string of the molecule is CC1(C)OB(c2cc(C#N)cc(C#N)c2)OC1(C)C. The molecule has 0 radical (unpaired) electrons. The molecule has 0 aliphatic carbocycles. The van der Waals surface area contributed by atoms with Crippen molar-refractivity contribution in [2.45, 2.75) is 38.9 Å². The number of benzene rings is 1. The lowest BCUT2D eigenvalue weighted by atomic mass is 9.77. The summed E-state index contributed by atoms with van der Waals surface area (Å²) in [6.45, 7) is 7.86. The molecule has 0 spiro atoms. The summed E-state index contributed by atoms with van der Waals surface area (Å²) in [7, 11) is -0.551. The van der Waals surface area contributed by atoms with Crippen molar-refractivity contribution in [2.75, 3.05) is 0 Å². The molecule has 4 nitrogen and oxygen atoms in total. The molecule has 5 heteroatoms. The van der Waals surface area contributed by atoms with Crippen molar-refractivity contribution in [1.82, 2.24) is 0 Å². The molecule has 1 saturated heterocycles. The Morgan fingerprint density at radius 2 is 1.32 bits per heavy atom. The highest BCUT2D eigenvalue weighted by Crippen LogP contribution is 2.36. The molecule has 1 aliphatic rings. The number of hydrogen-bond acceptors (Lipinski definition) is 4. The lowest BCUT2D eigenvalue weighted by Crippen LogP contribution is -2.41. The molecule has 0 amide bonds. The van der Waals surface area contributed by atoms with Gasteiger partial charge < -0.3 is 9.31 Å². The van der Waals surface area contributed by atoms with Gasteiger partial charge >= 0.3 is 7.12 Å². The Balaban J connectivity index is 2.40. The van der Waals surface area contributed by atoms with Crippen molar-refractivity contribution in [3.05, 3.63) is 29.3 Å². The molecule has 1 aliphatic heterocycles. The fourth-order valence-electron chi connectivity index (χ4n) is 1.90. The van der Waals surface area contributed by atoms with Crippen LogP contribution in [-0.2, 0) is 9.31 Å². The van der Waals surface area contributed by atoms with Gasteiger partial charge in [0.25, 0.3) is 0 Å². The molecule has 19 heavy (non-hydrogen) atoms. The number of nitrogens with zero attached hydrogens (tertiary/aromatic N) is 2. The summed E-state index contributed by atoms with van der Waals surface area (Å²) in [6.07, 6.45) is 0. The van der Waals surface area contributed by atoms with Crippen molar-refractivity contribution >= 4 is 12.6 Å². The van der Waals surface area contributed by atoms with Crippen LogP contribution in [0.2, 0.25) is 0 Å². The van der Waals surface area contributed by atoms with E-state index in [4.69, 9.17) is 19.8 Å². The van der Waals surface area contributed by atoms with Crippen molar-refractivity contribution < 1.29 is 9.31 Å². The van der Waals surface area contributed by atoms with E-state index in [1.54, 1.807) is 18.2 Å². The number of nitriles is 2. The Hall–Kier alpha value is -1.82. The zero-order chi connectivity index (χ0) is 14.3. The van der Waals surface area contributed by atoms with Crippen LogP contribution in [0.1, 0.15) is 38.8 Å². The standard InChI is InChI=1S/C14H15BN2O2/c1-13(2)14(3,4)19-15(18-13)12-6-10(8-16)5-11(7-12)9-17/h5-7H,1-4H3. The van der Waals surface area contributed by atoms with E-state index in [9.17, 15) is 0 Å². The van der Waals surface area contributed by atoms with E-state index in [-0.39, 0.29) is 0 Å². The maximum absolute atomic E-state index is 8.99. The summed E-state index contributed by atoms with van der Waals surface area (Å²) < 4.78 is 11.8. The van der Waals surface area contributed by atoms with Gasteiger partial charge in [0.2, 0.25) is 0 Å².